The number of carbonyl (C=O) groups excluding carboxylic acids is 1. The quantitative estimate of drug-likeness (QED) is 0.0238. The maximum Gasteiger partial charge on any atom is 0.472 e. The van der Waals surface area contributed by atoms with Gasteiger partial charge in [0.2, 0.25) is 0 Å². The highest BCUT2D eigenvalue weighted by Gasteiger charge is 2.26. The summed E-state index contributed by atoms with van der Waals surface area (Å²) >= 11 is 0. The average molecular weight is 803 g/mol. The Morgan fingerprint density at radius 2 is 1.00 bits per heavy atom. The fourth-order valence-corrected chi connectivity index (χ4v) is 7.16. The molecule has 55 heavy (non-hydrogen) atoms. The maximum atomic E-state index is 12.6. The highest BCUT2D eigenvalue weighted by Crippen LogP contribution is 2.43. The SMILES string of the molecule is CCCC/C=C\C/C=C\CCCCCCCCOCC(COP(=O)(O)OCC(O)CO)OC(=O)CCCCCCCCCCCCCCCCCCCCC. The second kappa shape index (κ2) is 42.5. The first-order valence-electron chi connectivity index (χ1n) is 22.8. The number of esters is 1. The van der Waals surface area contributed by atoms with Crippen molar-refractivity contribution in [2.45, 2.75) is 225 Å². The molecule has 0 fully saturated rings. The summed E-state index contributed by atoms with van der Waals surface area (Å²) in [6, 6.07) is 0. The van der Waals surface area contributed by atoms with Crippen molar-refractivity contribution in [2.75, 3.05) is 33.0 Å². The van der Waals surface area contributed by atoms with Crippen LogP contribution in [0.1, 0.15) is 213 Å². The third kappa shape index (κ3) is 42.4. The van der Waals surface area contributed by atoms with Crippen LogP contribution in [0.4, 0.5) is 0 Å². The van der Waals surface area contributed by atoms with Crippen LogP contribution >= 0.6 is 7.82 Å². The Balaban J connectivity index is 4.11. The normalized spacial score (nSPS) is 14.2. The van der Waals surface area contributed by atoms with Gasteiger partial charge in [0, 0.05) is 13.0 Å². The molecule has 10 heteroatoms. The number of aliphatic hydroxyl groups is 2. The Morgan fingerprint density at radius 3 is 1.51 bits per heavy atom. The predicted octanol–water partition coefficient (Wildman–Crippen LogP) is 12.6. The third-order valence-corrected chi connectivity index (χ3v) is 10.8. The minimum Gasteiger partial charge on any atom is -0.457 e. The number of phosphoric acid groups is 1. The smallest absolute Gasteiger partial charge is 0.457 e. The molecule has 0 spiro atoms. The Labute approximate surface area is 338 Å². The van der Waals surface area contributed by atoms with Gasteiger partial charge in [0.05, 0.1) is 26.4 Å². The number of rotatable bonds is 44. The van der Waals surface area contributed by atoms with Crippen molar-refractivity contribution >= 4 is 13.8 Å². The van der Waals surface area contributed by atoms with E-state index < -0.39 is 33.2 Å². The predicted molar refractivity (Wildman–Crippen MR) is 228 cm³/mol. The van der Waals surface area contributed by atoms with Crippen LogP contribution in [0.3, 0.4) is 0 Å². The lowest BCUT2D eigenvalue weighted by molar-refractivity contribution is -0.154. The van der Waals surface area contributed by atoms with Crippen molar-refractivity contribution in [1.29, 1.82) is 0 Å². The molecule has 3 N–H and O–H groups in total. The molecule has 0 amide bonds. The van der Waals surface area contributed by atoms with E-state index in [1.54, 1.807) is 0 Å². The van der Waals surface area contributed by atoms with Gasteiger partial charge in [-0.1, -0.05) is 192 Å². The van der Waals surface area contributed by atoms with Crippen LogP contribution in [0.15, 0.2) is 24.3 Å². The maximum absolute atomic E-state index is 12.6. The number of carbonyl (C=O) groups is 1. The summed E-state index contributed by atoms with van der Waals surface area (Å²) in [6.45, 7) is 3.49. The van der Waals surface area contributed by atoms with Crippen molar-refractivity contribution in [1.82, 2.24) is 0 Å². The van der Waals surface area contributed by atoms with Crippen molar-refractivity contribution in [3.63, 3.8) is 0 Å². The average Bonchev–Trinajstić information content (AvgIpc) is 3.18. The van der Waals surface area contributed by atoms with Gasteiger partial charge in [-0.15, -0.1) is 0 Å². The largest absolute Gasteiger partial charge is 0.472 e. The van der Waals surface area contributed by atoms with Gasteiger partial charge in [-0.3, -0.25) is 13.8 Å². The number of phosphoric ester groups is 1. The van der Waals surface area contributed by atoms with Gasteiger partial charge in [0.15, 0.2) is 0 Å². The molecular formula is C45H87O9P. The standard InChI is InChI=1S/C45H87O9P/c1-3-5-7-9-11-13-15-17-19-20-21-22-23-25-27-29-31-33-35-37-45(48)54-44(42-53-55(49,50)52-40-43(47)39-46)41-51-38-36-34-32-30-28-26-24-18-16-14-12-10-8-6-4-2/h10,12,16,18,43-44,46-47H,3-9,11,13-15,17,19-42H2,1-2H3,(H,49,50)/b12-10-,18-16-. The summed E-state index contributed by atoms with van der Waals surface area (Å²) in [6.07, 6.45) is 44.2. The summed E-state index contributed by atoms with van der Waals surface area (Å²) in [7, 11) is -4.52. The van der Waals surface area contributed by atoms with Gasteiger partial charge >= 0.3 is 13.8 Å². The van der Waals surface area contributed by atoms with Crippen molar-refractivity contribution in [3.05, 3.63) is 24.3 Å². The molecule has 0 aromatic rings. The summed E-state index contributed by atoms with van der Waals surface area (Å²) < 4.78 is 33.4. The molecular weight excluding hydrogens is 715 g/mol. The molecule has 0 saturated heterocycles. The molecule has 0 bridgehead atoms. The lowest BCUT2D eigenvalue weighted by Crippen LogP contribution is -2.29. The summed E-state index contributed by atoms with van der Waals surface area (Å²) in [5, 5.41) is 18.4. The molecule has 3 atom stereocenters. The van der Waals surface area contributed by atoms with E-state index in [-0.39, 0.29) is 25.6 Å². The monoisotopic (exact) mass is 803 g/mol. The first-order chi connectivity index (χ1) is 26.8. The lowest BCUT2D eigenvalue weighted by Gasteiger charge is -2.20. The van der Waals surface area contributed by atoms with Gasteiger partial charge in [0.1, 0.15) is 12.2 Å². The Bertz CT molecular complexity index is 913. The van der Waals surface area contributed by atoms with Crippen LogP contribution in [0.25, 0.3) is 0 Å². The van der Waals surface area contributed by atoms with Crippen LogP contribution in [0, 0.1) is 0 Å². The van der Waals surface area contributed by atoms with Gasteiger partial charge in [-0.2, -0.15) is 0 Å². The highest BCUT2D eigenvalue weighted by atomic mass is 31.2. The summed E-state index contributed by atoms with van der Waals surface area (Å²) in [5.74, 6) is -0.383. The van der Waals surface area contributed by atoms with E-state index in [1.807, 2.05) is 0 Å². The molecule has 0 aromatic heterocycles. The number of hydrogen-bond donors (Lipinski definition) is 3. The fraction of sp³-hybridized carbons (Fsp3) is 0.889. The second-order valence-electron chi connectivity index (χ2n) is 15.4. The second-order valence-corrected chi connectivity index (χ2v) is 16.9. The molecule has 0 aliphatic heterocycles. The topological polar surface area (TPSA) is 132 Å². The number of hydrogen-bond acceptors (Lipinski definition) is 8. The molecule has 9 nitrogen and oxygen atoms in total. The number of unbranched alkanes of at least 4 members (excludes halogenated alkanes) is 26. The van der Waals surface area contributed by atoms with Crippen LogP contribution < -0.4 is 0 Å². The van der Waals surface area contributed by atoms with Gasteiger partial charge < -0.3 is 24.6 Å². The van der Waals surface area contributed by atoms with E-state index in [4.69, 9.17) is 23.6 Å². The molecule has 0 rings (SSSR count). The van der Waals surface area contributed by atoms with E-state index in [1.165, 1.54) is 141 Å². The molecule has 0 aliphatic rings. The number of ether oxygens (including phenoxy) is 2. The van der Waals surface area contributed by atoms with Crippen molar-refractivity contribution in [2.24, 2.45) is 0 Å². The van der Waals surface area contributed by atoms with Crippen molar-refractivity contribution < 1.29 is 43.0 Å². The molecule has 326 valence electrons. The van der Waals surface area contributed by atoms with Crippen LogP contribution in [-0.4, -0.2) is 66.3 Å². The van der Waals surface area contributed by atoms with E-state index in [9.17, 15) is 19.4 Å². The Hall–Kier alpha value is -1.06. The minimum absolute atomic E-state index is 0.0460. The zero-order chi connectivity index (χ0) is 40.3. The van der Waals surface area contributed by atoms with Crippen LogP contribution in [0.2, 0.25) is 0 Å². The first kappa shape index (κ1) is 53.9. The van der Waals surface area contributed by atoms with E-state index in [0.29, 0.717) is 6.61 Å². The van der Waals surface area contributed by atoms with Crippen molar-refractivity contribution in [3.8, 4) is 0 Å². The van der Waals surface area contributed by atoms with E-state index in [0.717, 1.165) is 51.4 Å². The molecule has 0 radical (unpaired) electrons. The Morgan fingerprint density at radius 1 is 0.564 bits per heavy atom. The molecule has 0 saturated carbocycles. The van der Waals surface area contributed by atoms with Gasteiger partial charge in [-0.25, -0.2) is 4.57 Å². The molecule has 0 aliphatic carbocycles. The fourth-order valence-electron chi connectivity index (χ4n) is 6.37. The summed E-state index contributed by atoms with van der Waals surface area (Å²) in [4.78, 5) is 22.6. The van der Waals surface area contributed by atoms with Gasteiger partial charge in [0.25, 0.3) is 0 Å². The van der Waals surface area contributed by atoms with E-state index >= 15 is 0 Å². The zero-order valence-corrected chi connectivity index (χ0v) is 36.6. The van der Waals surface area contributed by atoms with Crippen LogP contribution in [0.5, 0.6) is 0 Å². The van der Waals surface area contributed by atoms with Gasteiger partial charge in [-0.05, 0) is 38.5 Å². The first-order valence-corrected chi connectivity index (χ1v) is 24.3. The summed E-state index contributed by atoms with van der Waals surface area (Å²) in [5.41, 5.74) is 0. The number of allylic oxidation sites excluding steroid dienone is 4. The molecule has 0 heterocycles. The number of aliphatic hydroxyl groups excluding tert-OH is 2. The minimum atomic E-state index is -4.52. The van der Waals surface area contributed by atoms with Crippen LogP contribution in [-0.2, 0) is 27.9 Å². The van der Waals surface area contributed by atoms with E-state index in [2.05, 4.69) is 38.2 Å². The molecule has 3 unspecified atom stereocenters. The third-order valence-electron chi connectivity index (χ3n) is 9.89. The zero-order valence-electron chi connectivity index (χ0n) is 35.7. The molecule has 0 aromatic carbocycles. The lowest BCUT2D eigenvalue weighted by atomic mass is 10.0. The highest BCUT2D eigenvalue weighted by molar-refractivity contribution is 7.47. The Kier molecular flexibility index (Phi) is 41.7.